The highest BCUT2D eigenvalue weighted by atomic mass is 19.2. The summed E-state index contributed by atoms with van der Waals surface area (Å²) in [6.45, 7) is 0. The van der Waals surface area contributed by atoms with Crippen LogP contribution in [0.4, 0.5) is 8.78 Å². The third-order valence-corrected chi connectivity index (χ3v) is 2.86. The molecule has 0 spiro atoms. The third-order valence-electron chi connectivity index (χ3n) is 2.86. The molecule has 1 aromatic rings. The van der Waals surface area contributed by atoms with Gasteiger partial charge in [-0.2, -0.15) is 0 Å². The first kappa shape index (κ1) is 12.0. The van der Waals surface area contributed by atoms with Gasteiger partial charge in [0.05, 0.1) is 12.5 Å². The van der Waals surface area contributed by atoms with E-state index in [1.807, 2.05) is 0 Å². The van der Waals surface area contributed by atoms with Gasteiger partial charge in [0.15, 0.2) is 11.6 Å². The van der Waals surface area contributed by atoms with Gasteiger partial charge in [-0.3, -0.25) is 4.79 Å². The molecule has 0 unspecified atom stereocenters. The van der Waals surface area contributed by atoms with Gasteiger partial charge in [0.25, 0.3) is 0 Å². The van der Waals surface area contributed by atoms with Crippen LogP contribution in [0.15, 0.2) is 18.2 Å². The van der Waals surface area contributed by atoms with Gasteiger partial charge in [0.1, 0.15) is 0 Å². The fraction of sp³-hybridized carbons (Fsp3) is 0.417. The molecule has 0 aromatic heterocycles. The summed E-state index contributed by atoms with van der Waals surface area (Å²) < 4.78 is 26.1. The SMILES string of the molecule is O=C(Cc1cccc(F)c1F)NC1CC(O)C1. The van der Waals surface area contributed by atoms with E-state index in [0.29, 0.717) is 12.8 Å². The first-order chi connectivity index (χ1) is 8.06. The summed E-state index contributed by atoms with van der Waals surface area (Å²) in [6, 6.07) is 3.72. The number of carbonyl (C=O) groups is 1. The zero-order valence-corrected chi connectivity index (χ0v) is 9.12. The van der Waals surface area contributed by atoms with Crippen LogP contribution in [0, 0.1) is 11.6 Å². The minimum atomic E-state index is -0.976. The smallest absolute Gasteiger partial charge is 0.224 e. The lowest BCUT2D eigenvalue weighted by Crippen LogP contribution is -2.47. The molecule has 2 N–H and O–H groups in total. The van der Waals surface area contributed by atoms with Gasteiger partial charge in [-0.15, -0.1) is 0 Å². The zero-order chi connectivity index (χ0) is 12.4. The van der Waals surface area contributed by atoms with E-state index in [4.69, 9.17) is 5.11 Å². The number of nitrogens with one attached hydrogen (secondary N) is 1. The lowest BCUT2D eigenvalue weighted by Gasteiger charge is -2.31. The van der Waals surface area contributed by atoms with Crippen molar-refractivity contribution in [1.29, 1.82) is 0 Å². The van der Waals surface area contributed by atoms with Crippen LogP contribution in [-0.2, 0) is 11.2 Å². The normalized spacial score (nSPS) is 23.0. The number of rotatable bonds is 3. The van der Waals surface area contributed by atoms with Crippen LogP contribution in [0.3, 0.4) is 0 Å². The van der Waals surface area contributed by atoms with E-state index in [9.17, 15) is 13.6 Å². The second-order valence-electron chi connectivity index (χ2n) is 4.28. The largest absolute Gasteiger partial charge is 0.393 e. The molecule has 0 atom stereocenters. The van der Waals surface area contributed by atoms with Gasteiger partial charge in [-0.05, 0) is 18.9 Å². The molecule has 1 amide bonds. The molecule has 92 valence electrons. The van der Waals surface area contributed by atoms with Crippen molar-refractivity contribution in [2.24, 2.45) is 0 Å². The van der Waals surface area contributed by atoms with Crippen molar-refractivity contribution in [3.8, 4) is 0 Å². The topological polar surface area (TPSA) is 49.3 Å². The second-order valence-corrected chi connectivity index (χ2v) is 4.28. The molecule has 2 rings (SSSR count). The molecule has 3 nitrogen and oxygen atoms in total. The summed E-state index contributed by atoms with van der Waals surface area (Å²) in [7, 11) is 0. The highest BCUT2D eigenvalue weighted by Crippen LogP contribution is 2.19. The fourth-order valence-electron chi connectivity index (χ4n) is 1.84. The van der Waals surface area contributed by atoms with Crippen molar-refractivity contribution in [3.63, 3.8) is 0 Å². The minimum absolute atomic E-state index is 0.0439. The number of amides is 1. The van der Waals surface area contributed by atoms with Gasteiger partial charge in [0.2, 0.25) is 5.91 Å². The molecule has 1 aliphatic carbocycles. The first-order valence-corrected chi connectivity index (χ1v) is 5.46. The van der Waals surface area contributed by atoms with Crippen molar-refractivity contribution in [2.75, 3.05) is 0 Å². The van der Waals surface area contributed by atoms with E-state index in [2.05, 4.69) is 5.32 Å². The molecule has 0 radical (unpaired) electrons. The molecule has 1 aromatic carbocycles. The van der Waals surface area contributed by atoms with Crippen LogP contribution >= 0.6 is 0 Å². The Hall–Kier alpha value is -1.49. The van der Waals surface area contributed by atoms with E-state index in [1.54, 1.807) is 0 Å². The molecule has 0 saturated heterocycles. The van der Waals surface area contributed by atoms with E-state index in [-0.39, 0.29) is 30.0 Å². The third kappa shape index (κ3) is 2.79. The maximum atomic E-state index is 13.3. The van der Waals surface area contributed by atoms with Gasteiger partial charge in [-0.1, -0.05) is 12.1 Å². The van der Waals surface area contributed by atoms with Crippen molar-refractivity contribution >= 4 is 5.91 Å². The lowest BCUT2D eigenvalue weighted by atomic mass is 9.89. The Kier molecular flexibility index (Phi) is 3.38. The molecule has 1 aliphatic rings. The van der Waals surface area contributed by atoms with E-state index in [1.165, 1.54) is 12.1 Å². The number of aliphatic hydroxyl groups excluding tert-OH is 1. The molecule has 1 saturated carbocycles. The maximum Gasteiger partial charge on any atom is 0.224 e. The molecule has 1 fully saturated rings. The summed E-state index contributed by atoms with van der Waals surface area (Å²) in [5.74, 6) is -2.28. The van der Waals surface area contributed by atoms with E-state index < -0.39 is 11.6 Å². The molecular weight excluding hydrogens is 228 g/mol. The standard InChI is InChI=1S/C12H13F2NO2/c13-10-3-1-2-7(12(10)14)4-11(17)15-8-5-9(16)6-8/h1-3,8-9,16H,4-6H2,(H,15,17). The van der Waals surface area contributed by atoms with E-state index in [0.717, 1.165) is 6.07 Å². The predicted molar refractivity (Wildman–Crippen MR) is 57.2 cm³/mol. The summed E-state index contributed by atoms with van der Waals surface area (Å²) in [4.78, 5) is 11.5. The van der Waals surface area contributed by atoms with Crippen molar-refractivity contribution < 1.29 is 18.7 Å². The molecular formula is C12H13F2NO2. The Labute approximate surface area is 97.5 Å². The number of aliphatic hydroxyl groups is 1. The monoisotopic (exact) mass is 241 g/mol. The van der Waals surface area contributed by atoms with Crippen LogP contribution < -0.4 is 5.32 Å². The second kappa shape index (κ2) is 4.79. The fourth-order valence-corrected chi connectivity index (χ4v) is 1.84. The van der Waals surface area contributed by atoms with Crippen molar-refractivity contribution in [2.45, 2.75) is 31.4 Å². The number of hydrogen-bond donors (Lipinski definition) is 2. The summed E-state index contributed by atoms with van der Waals surface area (Å²) in [5.41, 5.74) is 0.0439. The average Bonchev–Trinajstić information content (AvgIpc) is 2.23. The number of hydrogen-bond acceptors (Lipinski definition) is 2. The van der Waals surface area contributed by atoms with Gasteiger partial charge in [0, 0.05) is 11.6 Å². The van der Waals surface area contributed by atoms with Crippen LogP contribution in [0.25, 0.3) is 0 Å². The van der Waals surface area contributed by atoms with Crippen LogP contribution in [-0.4, -0.2) is 23.2 Å². The highest BCUT2D eigenvalue weighted by molar-refractivity contribution is 5.79. The Balaban J connectivity index is 1.92. The summed E-state index contributed by atoms with van der Waals surface area (Å²) in [6.07, 6.45) is 0.511. The van der Waals surface area contributed by atoms with Crippen LogP contribution in [0.5, 0.6) is 0 Å². The Morgan fingerprint density at radius 1 is 1.41 bits per heavy atom. The van der Waals surface area contributed by atoms with Crippen molar-refractivity contribution in [1.82, 2.24) is 5.32 Å². The van der Waals surface area contributed by atoms with Gasteiger partial charge in [-0.25, -0.2) is 8.78 Å². The van der Waals surface area contributed by atoms with Crippen molar-refractivity contribution in [3.05, 3.63) is 35.4 Å². The molecule has 0 bridgehead atoms. The molecule has 17 heavy (non-hydrogen) atoms. The Morgan fingerprint density at radius 2 is 2.12 bits per heavy atom. The molecule has 0 aliphatic heterocycles. The van der Waals surface area contributed by atoms with E-state index >= 15 is 0 Å². The quantitative estimate of drug-likeness (QED) is 0.834. The van der Waals surface area contributed by atoms with Crippen LogP contribution in [0.2, 0.25) is 0 Å². The Bertz CT molecular complexity index is 431. The zero-order valence-electron chi connectivity index (χ0n) is 9.12. The maximum absolute atomic E-state index is 13.3. The molecule has 5 heteroatoms. The minimum Gasteiger partial charge on any atom is -0.393 e. The van der Waals surface area contributed by atoms with Gasteiger partial charge >= 0.3 is 0 Å². The number of halogens is 2. The Morgan fingerprint density at radius 3 is 2.76 bits per heavy atom. The van der Waals surface area contributed by atoms with Crippen LogP contribution in [0.1, 0.15) is 18.4 Å². The first-order valence-electron chi connectivity index (χ1n) is 5.46. The van der Waals surface area contributed by atoms with Gasteiger partial charge < -0.3 is 10.4 Å². The number of carbonyl (C=O) groups excluding carboxylic acids is 1. The molecule has 0 heterocycles. The highest BCUT2D eigenvalue weighted by Gasteiger charge is 2.28. The summed E-state index contributed by atoms with van der Waals surface area (Å²) in [5, 5.41) is 11.7. The predicted octanol–water partition coefficient (Wildman–Crippen LogP) is 1.15. The summed E-state index contributed by atoms with van der Waals surface area (Å²) >= 11 is 0. The lowest BCUT2D eigenvalue weighted by molar-refractivity contribution is -0.122. The number of benzene rings is 1. The average molecular weight is 241 g/mol.